The molecule has 0 aliphatic carbocycles. The third-order valence-electron chi connectivity index (χ3n) is 3.41. The first-order valence-corrected chi connectivity index (χ1v) is 6.63. The normalized spacial score (nSPS) is 19.3. The summed E-state index contributed by atoms with van der Waals surface area (Å²) in [4.78, 5) is 0. The summed E-state index contributed by atoms with van der Waals surface area (Å²) < 4.78 is 1.68. The van der Waals surface area contributed by atoms with Crippen molar-refractivity contribution in [3.8, 4) is 11.4 Å². The minimum absolute atomic E-state index is 0.502. The van der Waals surface area contributed by atoms with E-state index in [-0.39, 0.29) is 0 Å². The van der Waals surface area contributed by atoms with Crippen LogP contribution >= 0.6 is 0 Å². The second-order valence-corrected chi connectivity index (χ2v) is 4.89. The Morgan fingerprint density at radius 3 is 3.11 bits per heavy atom. The van der Waals surface area contributed by atoms with Crippen molar-refractivity contribution in [2.45, 2.75) is 18.9 Å². The van der Waals surface area contributed by atoms with Crippen molar-refractivity contribution in [1.29, 1.82) is 0 Å². The minimum atomic E-state index is 0.502. The minimum Gasteiger partial charge on any atom is -0.381 e. The topological polar surface area (TPSA) is 67.7 Å². The quantitative estimate of drug-likeness (QED) is 0.861. The molecule has 1 atom stereocenters. The fraction of sp³-hybridized carbons (Fsp3) is 0.462. The number of piperidine rings is 1. The number of nitrogens with zero attached hydrogens (tertiary/aromatic N) is 4. The predicted octanol–water partition coefficient (Wildman–Crippen LogP) is 1.04. The van der Waals surface area contributed by atoms with Crippen LogP contribution in [0.4, 0.5) is 5.69 Å². The fourth-order valence-electron chi connectivity index (χ4n) is 2.43. The Morgan fingerprint density at radius 1 is 1.42 bits per heavy atom. The Labute approximate surface area is 112 Å². The van der Waals surface area contributed by atoms with Crippen molar-refractivity contribution in [2.75, 3.05) is 18.4 Å². The summed E-state index contributed by atoms with van der Waals surface area (Å²) in [6.45, 7) is 2.15. The lowest BCUT2D eigenvalue weighted by atomic mass is 10.1. The summed E-state index contributed by atoms with van der Waals surface area (Å²) >= 11 is 0. The van der Waals surface area contributed by atoms with E-state index < -0.39 is 0 Å². The van der Waals surface area contributed by atoms with E-state index in [1.807, 2.05) is 19.2 Å². The van der Waals surface area contributed by atoms with Crippen LogP contribution in [-0.2, 0) is 7.05 Å². The molecule has 0 saturated carbocycles. The second-order valence-electron chi connectivity index (χ2n) is 4.89. The van der Waals surface area contributed by atoms with Crippen molar-refractivity contribution in [1.82, 2.24) is 25.5 Å². The van der Waals surface area contributed by atoms with Crippen LogP contribution in [-0.4, -0.2) is 39.3 Å². The first-order valence-electron chi connectivity index (χ1n) is 6.63. The highest BCUT2D eigenvalue weighted by molar-refractivity contribution is 5.62. The maximum Gasteiger partial charge on any atom is 0.181 e. The molecule has 1 aliphatic heterocycles. The molecule has 1 unspecified atom stereocenters. The van der Waals surface area contributed by atoms with Gasteiger partial charge in [-0.05, 0) is 41.9 Å². The van der Waals surface area contributed by atoms with Crippen molar-refractivity contribution in [3.05, 3.63) is 24.3 Å². The van der Waals surface area contributed by atoms with Crippen LogP contribution < -0.4 is 10.6 Å². The Kier molecular flexibility index (Phi) is 3.41. The molecule has 0 bridgehead atoms. The molecular weight excluding hydrogens is 240 g/mol. The fourth-order valence-corrected chi connectivity index (χ4v) is 2.43. The highest BCUT2D eigenvalue weighted by Crippen LogP contribution is 2.20. The number of nitrogens with one attached hydrogen (secondary N) is 2. The van der Waals surface area contributed by atoms with Crippen LogP contribution in [0.1, 0.15) is 12.8 Å². The van der Waals surface area contributed by atoms with Crippen LogP contribution in [0.3, 0.4) is 0 Å². The summed E-state index contributed by atoms with van der Waals surface area (Å²) in [5.41, 5.74) is 2.15. The molecule has 6 nitrogen and oxygen atoms in total. The highest BCUT2D eigenvalue weighted by atomic mass is 15.5. The second kappa shape index (κ2) is 5.36. The molecule has 1 fully saturated rings. The molecule has 2 N–H and O–H groups in total. The van der Waals surface area contributed by atoms with Crippen molar-refractivity contribution in [3.63, 3.8) is 0 Å². The first-order chi connectivity index (χ1) is 9.33. The van der Waals surface area contributed by atoms with Gasteiger partial charge in [0, 0.05) is 30.9 Å². The monoisotopic (exact) mass is 258 g/mol. The number of hydrogen-bond acceptors (Lipinski definition) is 5. The number of tetrazole rings is 1. The molecular formula is C13H18N6. The number of aromatic nitrogens is 4. The lowest BCUT2D eigenvalue weighted by molar-refractivity contribution is 0.480. The molecule has 3 rings (SSSR count). The number of anilines is 1. The predicted molar refractivity (Wildman–Crippen MR) is 73.7 cm³/mol. The van der Waals surface area contributed by atoms with Gasteiger partial charge in [0.05, 0.1) is 0 Å². The standard InChI is InChI=1S/C13H18N6/c1-19-13(16-17-18-19)10-4-2-5-11(8-10)15-12-6-3-7-14-9-12/h2,4-5,8,12,14-15H,3,6-7,9H2,1H3. The number of benzene rings is 1. The Bertz CT molecular complexity index is 544. The van der Waals surface area contributed by atoms with E-state index in [1.165, 1.54) is 12.8 Å². The smallest absolute Gasteiger partial charge is 0.181 e. The lowest BCUT2D eigenvalue weighted by Gasteiger charge is -2.25. The molecule has 100 valence electrons. The first kappa shape index (κ1) is 12.1. The molecule has 1 aromatic heterocycles. The van der Waals surface area contributed by atoms with Crippen LogP contribution in [0.15, 0.2) is 24.3 Å². The molecule has 0 spiro atoms. The molecule has 0 radical (unpaired) electrons. The summed E-state index contributed by atoms with van der Waals surface area (Å²) in [7, 11) is 1.85. The molecule has 2 aromatic rings. The van der Waals surface area contributed by atoms with Gasteiger partial charge in [0.15, 0.2) is 5.82 Å². The number of hydrogen-bond donors (Lipinski definition) is 2. The molecule has 1 saturated heterocycles. The molecule has 2 heterocycles. The maximum absolute atomic E-state index is 4.04. The Morgan fingerprint density at radius 2 is 2.37 bits per heavy atom. The number of aryl methyl sites for hydroxylation is 1. The summed E-state index contributed by atoms with van der Waals surface area (Å²) in [5.74, 6) is 0.783. The van der Waals surface area contributed by atoms with E-state index in [1.54, 1.807) is 4.68 Å². The summed E-state index contributed by atoms with van der Waals surface area (Å²) in [5, 5.41) is 18.5. The van der Waals surface area contributed by atoms with Crippen molar-refractivity contribution < 1.29 is 0 Å². The highest BCUT2D eigenvalue weighted by Gasteiger charge is 2.13. The SMILES string of the molecule is Cn1nnnc1-c1cccc(NC2CCCNC2)c1. The van der Waals surface area contributed by atoms with Crippen LogP contribution in [0.25, 0.3) is 11.4 Å². The van der Waals surface area contributed by atoms with E-state index in [0.29, 0.717) is 6.04 Å². The third-order valence-corrected chi connectivity index (χ3v) is 3.41. The van der Waals surface area contributed by atoms with Gasteiger partial charge in [-0.3, -0.25) is 0 Å². The van der Waals surface area contributed by atoms with Gasteiger partial charge in [0.25, 0.3) is 0 Å². The molecule has 6 heteroatoms. The van der Waals surface area contributed by atoms with Gasteiger partial charge in [-0.15, -0.1) is 5.10 Å². The van der Waals surface area contributed by atoms with Crippen LogP contribution in [0.2, 0.25) is 0 Å². The maximum atomic E-state index is 4.04. The Hall–Kier alpha value is -1.95. The molecule has 1 aliphatic rings. The lowest BCUT2D eigenvalue weighted by Crippen LogP contribution is -2.38. The van der Waals surface area contributed by atoms with E-state index in [0.717, 1.165) is 30.2 Å². The van der Waals surface area contributed by atoms with Gasteiger partial charge >= 0.3 is 0 Å². The van der Waals surface area contributed by atoms with E-state index >= 15 is 0 Å². The van der Waals surface area contributed by atoms with Gasteiger partial charge < -0.3 is 10.6 Å². The van der Waals surface area contributed by atoms with E-state index in [2.05, 4.69) is 38.3 Å². The van der Waals surface area contributed by atoms with Crippen molar-refractivity contribution in [2.24, 2.45) is 7.05 Å². The molecule has 1 aromatic carbocycles. The zero-order valence-corrected chi connectivity index (χ0v) is 11.0. The van der Waals surface area contributed by atoms with Gasteiger partial charge in [-0.25, -0.2) is 4.68 Å². The van der Waals surface area contributed by atoms with Crippen molar-refractivity contribution >= 4 is 5.69 Å². The van der Waals surface area contributed by atoms with Gasteiger partial charge in [0.2, 0.25) is 0 Å². The third kappa shape index (κ3) is 2.73. The average Bonchev–Trinajstić information content (AvgIpc) is 2.86. The Balaban J connectivity index is 1.78. The van der Waals surface area contributed by atoms with Gasteiger partial charge in [-0.2, -0.15) is 0 Å². The molecule has 0 amide bonds. The van der Waals surface area contributed by atoms with Gasteiger partial charge in [-0.1, -0.05) is 12.1 Å². The van der Waals surface area contributed by atoms with E-state index in [9.17, 15) is 0 Å². The number of rotatable bonds is 3. The summed E-state index contributed by atoms with van der Waals surface area (Å²) in [6.07, 6.45) is 2.44. The van der Waals surface area contributed by atoms with E-state index in [4.69, 9.17) is 0 Å². The average molecular weight is 258 g/mol. The van der Waals surface area contributed by atoms with Crippen LogP contribution in [0.5, 0.6) is 0 Å². The zero-order valence-electron chi connectivity index (χ0n) is 11.0. The largest absolute Gasteiger partial charge is 0.381 e. The zero-order chi connectivity index (χ0) is 13.1. The van der Waals surface area contributed by atoms with Crippen LogP contribution in [0, 0.1) is 0 Å². The summed E-state index contributed by atoms with van der Waals surface area (Å²) in [6, 6.07) is 8.74. The van der Waals surface area contributed by atoms with Gasteiger partial charge in [0.1, 0.15) is 0 Å². The molecule has 19 heavy (non-hydrogen) atoms.